The Bertz CT molecular complexity index is 1250. The van der Waals surface area contributed by atoms with E-state index in [1.807, 2.05) is 52.0 Å². The number of fused-ring (bicyclic) bond motifs is 2. The van der Waals surface area contributed by atoms with Crippen LogP contribution < -0.4 is 14.4 Å². The zero-order chi connectivity index (χ0) is 23.9. The Morgan fingerprint density at radius 3 is 2.21 bits per heavy atom. The zero-order valence-electron chi connectivity index (χ0n) is 19.0. The topological polar surface area (TPSA) is 76.1 Å². The van der Waals surface area contributed by atoms with E-state index >= 15 is 0 Å². The van der Waals surface area contributed by atoms with Crippen LogP contribution in [0, 0.1) is 0 Å². The number of carboxylic acid groups (broad SMARTS) is 1. The van der Waals surface area contributed by atoms with Gasteiger partial charge in [-0.15, -0.1) is 0 Å². The molecule has 0 radical (unpaired) electrons. The van der Waals surface area contributed by atoms with E-state index in [9.17, 15) is 9.59 Å². The molecule has 0 saturated carbocycles. The highest BCUT2D eigenvalue weighted by atomic mass is 79.9. The molecule has 1 heterocycles. The number of aliphatic carboxylic acids is 1. The van der Waals surface area contributed by atoms with E-state index in [1.54, 1.807) is 23.1 Å². The van der Waals surface area contributed by atoms with Crippen molar-refractivity contribution in [1.29, 1.82) is 0 Å². The third-order valence-corrected chi connectivity index (χ3v) is 5.99. The smallest absolute Gasteiger partial charge is 0.307 e. The minimum absolute atomic E-state index is 0.0689. The van der Waals surface area contributed by atoms with Crippen molar-refractivity contribution < 1.29 is 24.2 Å². The van der Waals surface area contributed by atoms with Gasteiger partial charge in [-0.2, -0.15) is 0 Å². The molecule has 7 heteroatoms. The molecule has 0 saturated heterocycles. The molecule has 1 amide bonds. The largest absolute Gasteiger partial charge is 0.490 e. The molecule has 1 N–H and O–H groups in total. The second-order valence-electron chi connectivity index (χ2n) is 8.64. The Morgan fingerprint density at radius 1 is 1.03 bits per heavy atom. The number of benzene rings is 3. The maximum atomic E-state index is 13.8. The summed E-state index contributed by atoms with van der Waals surface area (Å²) in [7, 11) is 0. The summed E-state index contributed by atoms with van der Waals surface area (Å²) in [5, 5.41) is 10.8. The van der Waals surface area contributed by atoms with E-state index in [1.165, 1.54) is 0 Å². The number of anilines is 1. The Labute approximate surface area is 201 Å². The Hall–Kier alpha value is -3.06. The van der Waals surface area contributed by atoms with Crippen LogP contribution in [0.25, 0.3) is 10.8 Å². The van der Waals surface area contributed by atoms with Crippen molar-refractivity contribution in [3.8, 4) is 11.5 Å². The molecule has 33 heavy (non-hydrogen) atoms. The van der Waals surface area contributed by atoms with Crippen LogP contribution in [0.3, 0.4) is 0 Å². The molecular weight excluding hydrogens is 486 g/mol. The number of amides is 1. The molecule has 3 aromatic rings. The standard InChI is InChI=1S/C26H26BrNO5/c1-14(2)32-24-17-7-5-6-8-18(17)25(33-15(3)4)23-19(24)13-28(26(23)31)21-10-9-16(11-20(21)27)12-22(29)30/h5-11,14-15H,12-13H2,1-4H3,(H,29,30). The van der Waals surface area contributed by atoms with Gasteiger partial charge in [-0.1, -0.05) is 30.3 Å². The molecule has 0 aliphatic carbocycles. The second kappa shape index (κ2) is 9.06. The van der Waals surface area contributed by atoms with Gasteiger partial charge in [0, 0.05) is 20.8 Å². The Morgan fingerprint density at radius 2 is 1.64 bits per heavy atom. The van der Waals surface area contributed by atoms with Gasteiger partial charge in [0.15, 0.2) is 0 Å². The Balaban J connectivity index is 1.89. The summed E-state index contributed by atoms with van der Waals surface area (Å²) in [5.41, 5.74) is 2.63. The number of carbonyl (C=O) groups excluding carboxylic acids is 1. The van der Waals surface area contributed by atoms with Crippen molar-refractivity contribution >= 4 is 44.3 Å². The number of ether oxygens (including phenoxy) is 2. The van der Waals surface area contributed by atoms with Crippen LogP contribution in [0.4, 0.5) is 5.69 Å². The predicted molar refractivity (Wildman–Crippen MR) is 131 cm³/mol. The molecule has 1 aliphatic heterocycles. The van der Waals surface area contributed by atoms with Crippen molar-refractivity contribution in [2.24, 2.45) is 0 Å². The SMILES string of the molecule is CC(C)Oc1c2c(c(OC(C)C)c3ccccc13)C(=O)N(c1ccc(CC(=O)O)cc1Br)C2. The van der Waals surface area contributed by atoms with Crippen LogP contribution in [0.2, 0.25) is 0 Å². The van der Waals surface area contributed by atoms with E-state index < -0.39 is 5.97 Å². The molecule has 1 aliphatic rings. The van der Waals surface area contributed by atoms with Crippen LogP contribution in [-0.2, 0) is 17.8 Å². The summed E-state index contributed by atoms with van der Waals surface area (Å²) in [5.74, 6) is 0.183. The number of hydrogen-bond acceptors (Lipinski definition) is 4. The van der Waals surface area contributed by atoms with Gasteiger partial charge in [0.1, 0.15) is 11.5 Å². The first-order valence-electron chi connectivity index (χ1n) is 10.9. The molecule has 0 fully saturated rings. The molecule has 0 atom stereocenters. The van der Waals surface area contributed by atoms with E-state index in [2.05, 4.69) is 15.9 Å². The molecule has 0 bridgehead atoms. The summed E-state index contributed by atoms with van der Waals surface area (Å²) in [4.78, 5) is 26.5. The minimum Gasteiger partial charge on any atom is -0.490 e. The lowest BCUT2D eigenvalue weighted by molar-refractivity contribution is -0.136. The highest BCUT2D eigenvalue weighted by Gasteiger charge is 2.37. The van der Waals surface area contributed by atoms with Gasteiger partial charge in [0.25, 0.3) is 5.91 Å². The average Bonchev–Trinajstić information content (AvgIpc) is 3.06. The lowest BCUT2D eigenvalue weighted by Gasteiger charge is -2.20. The first-order chi connectivity index (χ1) is 15.7. The van der Waals surface area contributed by atoms with Crippen LogP contribution in [0.1, 0.15) is 49.2 Å². The van der Waals surface area contributed by atoms with Crippen LogP contribution >= 0.6 is 15.9 Å². The Kier molecular flexibility index (Phi) is 6.34. The minimum atomic E-state index is -0.906. The van der Waals surface area contributed by atoms with E-state index in [0.717, 1.165) is 16.3 Å². The van der Waals surface area contributed by atoms with Gasteiger partial charge < -0.3 is 19.5 Å². The van der Waals surface area contributed by atoms with Gasteiger partial charge in [-0.3, -0.25) is 9.59 Å². The van der Waals surface area contributed by atoms with E-state index in [-0.39, 0.29) is 24.5 Å². The van der Waals surface area contributed by atoms with Crippen LogP contribution in [0.5, 0.6) is 11.5 Å². The van der Waals surface area contributed by atoms with Gasteiger partial charge in [0.05, 0.1) is 36.4 Å². The maximum absolute atomic E-state index is 13.8. The van der Waals surface area contributed by atoms with E-state index in [4.69, 9.17) is 14.6 Å². The van der Waals surface area contributed by atoms with Gasteiger partial charge >= 0.3 is 5.97 Å². The lowest BCUT2D eigenvalue weighted by Crippen LogP contribution is -2.24. The first kappa shape index (κ1) is 23.1. The normalized spacial score (nSPS) is 13.2. The van der Waals surface area contributed by atoms with Crippen molar-refractivity contribution in [3.05, 3.63) is 63.6 Å². The average molecular weight is 512 g/mol. The summed E-state index contributed by atoms with van der Waals surface area (Å²) >= 11 is 3.53. The van der Waals surface area contributed by atoms with E-state index in [0.29, 0.717) is 39.3 Å². The summed E-state index contributed by atoms with van der Waals surface area (Å²) < 4.78 is 13.1. The first-order valence-corrected chi connectivity index (χ1v) is 11.7. The fraction of sp³-hybridized carbons (Fsp3) is 0.308. The number of rotatable bonds is 7. The quantitative estimate of drug-likeness (QED) is 0.423. The summed E-state index contributed by atoms with van der Waals surface area (Å²) in [6, 6.07) is 13.1. The molecule has 3 aromatic carbocycles. The molecule has 4 rings (SSSR count). The number of carboxylic acids is 1. The second-order valence-corrected chi connectivity index (χ2v) is 9.49. The molecular formula is C26H26BrNO5. The van der Waals surface area contributed by atoms with Gasteiger partial charge in [0.2, 0.25) is 0 Å². The summed E-state index contributed by atoms with van der Waals surface area (Å²) in [6.45, 7) is 8.13. The van der Waals surface area contributed by atoms with Crippen molar-refractivity contribution in [2.45, 2.75) is 52.9 Å². The molecule has 0 unspecified atom stereocenters. The highest BCUT2D eigenvalue weighted by Crippen LogP contribution is 2.47. The molecule has 0 spiro atoms. The summed E-state index contributed by atoms with van der Waals surface area (Å²) in [6.07, 6.45) is -0.268. The molecule has 6 nitrogen and oxygen atoms in total. The number of nitrogens with zero attached hydrogens (tertiary/aromatic N) is 1. The molecule has 172 valence electrons. The van der Waals surface area contributed by atoms with Crippen molar-refractivity contribution in [2.75, 3.05) is 4.90 Å². The third-order valence-electron chi connectivity index (χ3n) is 5.36. The van der Waals surface area contributed by atoms with Crippen LogP contribution in [0.15, 0.2) is 46.9 Å². The van der Waals surface area contributed by atoms with Crippen molar-refractivity contribution in [3.63, 3.8) is 0 Å². The fourth-order valence-electron chi connectivity index (χ4n) is 4.15. The fourth-order valence-corrected chi connectivity index (χ4v) is 4.79. The van der Waals surface area contributed by atoms with Crippen LogP contribution in [-0.4, -0.2) is 29.2 Å². The molecule has 0 aromatic heterocycles. The zero-order valence-corrected chi connectivity index (χ0v) is 20.6. The number of carbonyl (C=O) groups is 2. The van der Waals surface area contributed by atoms with Crippen molar-refractivity contribution in [1.82, 2.24) is 0 Å². The number of hydrogen-bond donors (Lipinski definition) is 1. The maximum Gasteiger partial charge on any atom is 0.307 e. The third kappa shape index (κ3) is 4.42. The highest BCUT2D eigenvalue weighted by molar-refractivity contribution is 9.10. The number of halogens is 1. The monoisotopic (exact) mass is 511 g/mol. The lowest BCUT2D eigenvalue weighted by atomic mass is 9.99. The predicted octanol–water partition coefficient (Wildman–Crippen LogP) is 5.96. The van der Waals surface area contributed by atoms with Gasteiger partial charge in [-0.05, 0) is 61.3 Å². The van der Waals surface area contributed by atoms with Gasteiger partial charge in [-0.25, -0.2) is 0 Å².